The van der Waals surface area contributed by atoms with E-state index in [1.165, 1.54) is 14.2 Å². The molecule has 0 saturated carbocycles. The van der Waals surface area contributed by atoms with Crippen molar-refractivity contribution in [2.45, 2.75) is 6.92 Å². The smallest absolute Gasteiger partial charge is 0.350 e. The third-order valence-corrected chi connectivity index (χ3v) is 2.98. The molecule has 0 saturated heterocycles. The van der Waals surface area contributed by atoms with Gasteiger partial charge in [-0.25, -0.2) is 9.59 Å². The van der Waals surface area contributed by atoms with Gasteiger partial charge in [0, 0.05) is 4.88 Å². The minimum atomic E-state index is -0.546. The van der Waals surface area contributed by atoms with Crippen molar-refractivity contribution in [3.8, 4) is 0 Å². The van der Waals surface area contributed by atoms with Crippen molar-refractivity contribution < 1.29 is 19.1 Å². The summed E-state index contributed by atoms with van der Waals surface area (Å²) in [5, 5.41) is 0. The number of ether oxygens (including phenoxy) is 2. The van der Waals surface area contributed by atoms with Gasteiger partial charge in [-0.15, -0.1) is 11.3 Å². The molecule has 6 heteroatoms. The molecule has 0 bridgehead atoms. The van der Waals surface area contributed by atoms with E-state index in [-0.39, 0.29) is 16.1 Å². The van der Waals surface area contributed by atoms with Gasteiger partial charge in [0.15, 0.2) is 0 Å². The van der Waals surface area contributed by atoms with Crippen LogP contribution in [0.4, 0.5) is 5.69 Å². The number of nitrogen functional groups attached to an aromatic ring is 1. The fourth-order valence-electron chi connectivity index (χ4n) is 1.16. The minimum Gasteiger partial charge on any atom is -0.465 e. The topological polar surface area (TPSA) is 78.6 Å². The number of nitrogens with two attached hydrogens (primary N) is 1. The third kappa shape index (κ3) is 1.94. The van der Waals surface area contributed by atoms with Gasteiger partial charge >= 0.3 is 11.9 Å². The number of rotatable bonds is 2. The summed E-state index contributed by atoms with van der Waals surface area (Å²) >= 11 is 1.12. The lowest BCUT2D eigenvalue weighted by atomic mass is 10.2. The molecule has 1 aromatic heterocycles. The van der Waals surface area contributed by atoms with E-state index < -0.39 is 11.9 Å². The number of hydrogen-bond donors (Lipinski definition) is 1. The molecular weight excluding hydrogens is 218 g/mol. The maximum atomic E-state index is 11.3. The molecule has 0 aromatic carbocycles. The van der Waals surface area contributed by atoms with Crippen molar-refractivity contribution >= 4 is 29.0 Å². The second kappa shape index (κ2) is 4.31. The van der Waals surface area contributed by atoms with Crippen molar-refractivity contribution in [1.29, 1.82) is 0 Å². The van der Waals surface area contributed by atoms with Gasteiger partial charge in [-0.1, -0.05) is 0 Å². The van der Waals surface area contributed by atoms with Crippen LogP contribution in [0.15, 0.2) is 0 Å². The van der Waals surface area contributed by atoms with Crippen LogP contribution in [0.3, 0.4) is 0 Å². The molecule has 15 heavy (non-hydrogen) atoms. The molecule has 2 N–H and O–H groups in total. The Bertz CT molecular complexity index is 410. The molecule has 82 valence electrons. The van der Waals surface area contributed by atoms with Crippen LogP contribution < -0.4 is 5.73 Å². The number of esters is 2. The molecule has 0 atom stereocenters. The Kier molecular flexibility index (Phi) is 3.31. The van der Waals surface area contributed by atoms with E-state index in [1.807, 2.05) is 0 Å². The predicted molar refractivity (Wildman–Crippen MR) is 56.1 cm³/mol. The Morgan fingerprint density at radius 2 is 1.73 bits per heavy atom. The second-order valence-corrected chi connectivity index (χ2v) is 3.98. The van der Waals surface area contributed by atoms with Crippen LogP contribution in [0.25, 0.3) is 0 Å². The zero-order valence-corrected chi connectivity index (χ0v) is 9.44. The van der Waals surface area contributed by atoms with Gasteiger partial charge in [0.1, 0.15) is 4.88 Å². The standard InChI is InChI=1S/C9H11NO4S/c1-4-5(8(11)13-2)6(10)7(15-4)9(12)14-3/h10H2,1-3H3. The number of carbonyl (C=O) groups excluding carboxylic acids is 2. The first-order valence-corrected chi connectivity index (χ1v) is 4.90. The average molecular weight is 229 g/mol. The molecule has 0 fully saturated rings. The van der Waals surface area contributed by atoms with Crippen molar-refractivity contribution in [2.24, 2.45) is 0 Å². The van der Waals surface area contributed by atoms with Gasteiger partial charge in [-0.05, 0) is 6.92 Å². The summed E-state index contributed by atoms with van der Waals surface area (Å²) in [4.78, 5) is 23.5. The monoisotopic (exact) mass is 229 g/mol. The van der Waals surface area contributed by atoms with Gasteiger partial charge in [-0.3, -0.25) is 0 Å². The Morgan fingerprint density at radius 3 is 2.20 bits per heavy atom. The second-order valence-electron chi connectivity index (χ2n) is 2.76. The van der Waals surface area contributed by atoms with Gasteiger partial charge in [0.2, 0.25) is 0 Å². The fraction of sp³-hybridized carbons (Fsp3) is 0.333. The van der Waals surface area contributed by atoms with Crippen LogP contribution in [-0.4, -0.2) is 26.2 Å². The lowest BCUT2D eigenvalue weighted by molar-refractivity contribution is 0.0601. The lowest BCUT2D eigenvalue weighted by Gasteiger charge is -2.00. The van der Waals surface area contributed by atoms with E-state index in [0.717, 1.165) is 11.3 Å². The molecule has 0 amide bonds. The van der Waals surface area contributed by atoms with E-state index in [2.05, 4.69) is 9.47 Å². The normalized spacial score (nSPS) is 9.80. The highest BCUT2D eigenvalue weighted by Gasteiger charge is 2.24. The summed E-state index contributed by atoms with van der Waals surface area (Å²) in [6.45, 7) is 1.69. The average Bonchev–Trinajstić information content (AvgIpc) is 2.52. The number of anilines is 1. The number of methoxy groups -OCH3 is 2. The van der Waals surface area contributed by atoms with Gasteiger partial charge < -0.3 is 15.2 Å². The number of hydrogen-bond acceptors (Lipinski definition) is 6. The molecule has 0 spiro atoms. The first-order valence-electron chi connectivity index (χ1n) is 4.08. The minimum absolute atomic E-state index is 0.121. The molecule has 0 radical (unpaired) electrons. The Labute approximate surface area is 90.8 Å². The highest BCUT2D eigenvalue weighted by molar-refractivity contribution is 7.15. The van der Waals surface area contributed by atoms with Crippen LogP contribution in [-0.2, 0) is 9.47 Å². The number of aryl methyl sites for hydroxylation is 1. The summed E-state index contributed by atoms with van der Waals surface area (Å²) in [6, 6.07) is 0. The Balaban J connectivity index is 3.26. The summed E-state index contributed by atoms with van der Waals surface area (Å²) in [6.07, 6.45) is 0. The van der Waals surface area contributed by atoms with Crippen molar-refractivity contribution in [3.05, 3.63) is 15.3 Å². The number of thiophene rings is 1. The number of carbonyl (C=O) groups is 2. The molecule has 0 aliphatic rings. The summed E-state index contributed by atoms with van der Waals surface area (Å²) in [5.41, 5.74) is 6.03. The van der Waals surface area contributed by atoms with E-state index >= 15 is 0 Å². The van der Waals surface area contributed by atoms with Crippen LogP contribution in [0, 0.1) is 6.92 Å². The summed E-state index contributed by atoms with van der Waals surface area (Å²) < 4.78 is 9.10. The molecule has 0 aliphatic carbocycles. The lowest BCUT2D eigenvalue weighted by Crippen LogP contribution is -2.07. The van der Waals surface area contributed by atoms with E-state index in [9.17, 15) is 9.59 Å². The van der Waals surface area contributed by atoms with E-state index in [1.54, 1.807) is 6.92 Å². The first-order chi connectivity index (χ1) is 7.02. The Morgan fingerprint density at radius 1 is 1.20 bits per heavy atom. The van der Waals surface area contributed by atoms with E-state index in [4.69, 9.17) is 5.73 Å². The quantitative estimate of drug-likeness (QED) is 0.771. The van der Waals surface area contributed by atoms with Crippen LogP contribution >= 0.6 is 11.3 Å². The molecule has 0 aliphatic heterocycles. The summed E-state index contributed by atoms with van der Waals surface area (Å²) in [5.74, 6) is -1.09. The zero-order chi connectivity index (χ0) is 11.6. The maximum absolute atomic E-state index is 11.3. The van der Waals surface area contributed by atoms with Crippen LogP contribution in [0.5, 0.6) is 0 Å². The van der Waals surface area contributed by atoms with Crippen molar-refractivity contribution in [3.63, 3.8) is 0 Å². The molecule has 0 unspecified atom stereocenters. The predicted octanol–water partition coefficient (Wildman–Crippen LogP) is 1.21. The molecular formula is C9H11NO4S. The largest absolute Gasteiger partial charge is 0.465 e. The molecule has 1 rings (SSSR count). The maximum Gasteiger partial charge on any atom is 0.350 e. The van der Waals surface area contributed by atoms with Crippen molar-refractivity contribution in [2.75, 3.05) is 20.0 Å². The highest BCUT2D eigenvalue weighted by atomic mass is 32.1. The van der Waals surface area contributed by atoms with Gasteiger partial charge in [0.25, 0.3) is 0 Å². The molecule has 1 heterocycles. The van der Waals surface area contributed by atoms with Crippen LogP contribution in [0.1, 0.15) is 24.9 Å². The third-order valence-electron chi connectivity index (χ3n) is 1.88. The molecule has 5 nitrogen and oxygen atoms in total. The zero-order valence-electron chi connectivity index (χ0n) is 8.62. The van der Waals surface area contributed by atoms with Crippen LogP contribution in [0.2, 0.25) is 0 Å². The Hall–Kier alpha value is -1.56. The van der Waals surface area contributed by atoms with Crippen molar-refractivity contribution in [1.82, 2.24) is 0 Å². The SMILES string of the molecule is COC(=O)c1sc(C)c(C(=O)OC)c1N. The highest BCUT2D eigenvalue weighted by Crippen LogP contribution is 2.31. The van der Waals surface area contributed by atoms with E-state index in [0.29, 0.717) is 4.88 Å². The molecule has 1 aromatic rings. The fourth-order valence-corrected chi connectivity index (χ4v) is 2.14. The first kappa shape index (κ1) is 11.5. The van der Waals surface area contributed by atoms with Gasteiger partial charge in [0.05, 0.1) is 25.5 Å². The summed E-state index contributed by atoms with van der Waals surface area (Å²) in [7, 11) is 2.52. The van der Waals surface area contributed by atoms with Gasteiger partial charge in [-0.2, -0.15) is 0 Å².